The molecule has 1 fully saturated rings. The van der Waals surface area contributed by atoms with Gasteiger partial charge in [-0.25, -0.2) is 4.79 Å². The second kappa shape index (κ2) is 6.17. The molecule has 118 valence electrons. The Hall–Kier alpha value is -2.38. The average Bonchev–Trinajstić information content (AvgIpc) is 3.17. The molecule has 8 heteroatoms. The maximum atomic E-state index is 12.2. The molecule has 1 N–H and O–H groups in total. The molecule has 0 atom stereocenters. The van der Waals surface area contributed by atoms with Gasteiger partial charge in [0, 0.05) is 43.9 Å². The van der Waals surface area contributed by atoms with Gasteiger partial charge in [-0.1, -0.05) is 5.16 Å². The second-order valence-electron chi connectivity index (χ2n) is 5.59. The third-order valence-electron chi connectivity index (χ3n) is 4.29. The number of nitrogens with one attached hydrogen (secondary N) is 1. The van der Waals surface area contributed by atoms with E-state index in [9.17, 15) is 4.79 Å². The molecule has 0 unspecified atom stereocenters. The number of hydrogen-bond donors (Lipinski definition) is 1. The molecular formula is C14H20N6O2. The lowest BCUT2D eigenvalue weighted by Gasteiger charge is -2.30. The highest BCUT2D eigenvalue weighted by molar-refractivity contribution is 5.74. The van der Waals surface area contributed by atoms with E-state index in [1.165, 1.54) is 6.39 Å². The minimum atomic E-state index is -0.0326. The van der Waals surface area contributed by atoms with Crippen molar-refractivity contribution < 1.29 is 9.32 Å². The SMILES string of the molecule is Cc1c(CNC(=O)N2CCC(c3ncon3)CC2)cnn1C. The van der Waals surface area contributed by atoms with Crippen LogP contribution in [0.5, 0.6) is 0 Å². The topological polar surface area (TPSA) is 89.1 Å². The van der Waals surface area contributed by atoms with Gasteiger partial charge in [0.25, 0.3) is 0 Å². The predicted octanol–water partition coefficient (Wildman–Crippen LogP) is 1.20. The molecule has 0 bridgehead atoms. The van der Waals surface area contributed by atoms with Gasteiger partial charge in [0.1, 0.15) is 0 Å². The number of carbonyl (C=O) groups is 1. The summed E-state index contributed by atoms with van der Waals surface area (Å²) in [6.45, 7) is 3.91. The van der Waals surface area contributed by atoms with Crippen LogP contribution >= 0.6 is 0 Å². The van der Waals surface area contributed by atoms with Gasteiger partial charge in [0.2, 0.25) is 6.39 Å². The maximum absolute atomic E-state index is 12.2. The number of rotatable bonds is 3. The zero-order chi connectivity index (χ0) is 15.5. The molecule has 1 aliphatic rings. The first-order valence-electron chi connectivity index (χ1n) is 7.41. The fourth-order valence-electron chi connectivity index (χ4n) is 2.70. The molecule has 3 heterocycles. The lowest BCUT2D eigenvalue weighted by Crippen LogP contribution is -2.44. The first-order valence-corrected chi connectivity index (χ1v) is 7.41. The Labute approximate surface area is 128 Å². The van der Waals surface area contributed by atoms with Gasteiger partial charge in [-0.05, 0) is 19.8 Å². The lowest BCUT2D eigenvalue weighted by atomic mass is 9.96. The summed E-state index contributed by atoms with van der Waals surface area (Å²) >= 11 is 0. The Morgan fingerprint density at radius 2 is 2.23 bits per heavy atom. The number of amides is 2. The van der Waals surface area contributed by atoms with Crippen molar-refractivity contribution in [3.63, 3.8) is 0 Å². The van der Waals surface area contributed by atoms with Crippen LogP contribution in [0.4, 0.5) is 4.79 Å². The van der Waals surface area contributed by atoms with Gasteiger partial charge in [-0.3, -0.25) is 4.68 Å². The summed E-state index contributed by atoms with van der Waals surface area (Å²) in [7, 11) is 1.89. The molecule has 0 radical (unpaired) electrons. The fraction of sp³-hybridized carbons (Fsp3) is 0.571. The second-order valence-corrected chi connectivity index (χ2v) is 5.59. The lowest BCUT2D eigenvalue weighted by molar-refractivity contribution is 0.179. The van der Waals surface area contributed by atoms with Crippen LogP contribution in [-0.4, -0.2) is 43.9 Å². The number of carbonyl (C=O) groups excluding carboxylic acids is 1. The van der Waals surface area contributed by atoms with E-state index < -0.39 is 0 Å². The average molecular weight is 304 g/mol. The summed E-state index contributed by atoms with van der Waals surface area (Å²) in [6.07, 6.45) is 4.86. The van der Waals surface area contributed by atoms with Crippen LogP contribution in [0, 0.1) is 6.92 Å². The molecule has 1 saturated heterocycles. The van der Waals surface area contributed by atoms with Crippen LogP contribution in [-0.2, 0) is 13.6 Å². The number of aryl methyl sites for hydroxylation is 1. The molecule has 3 rings (SSSR count). The van der Waals surface area contributed by atoms with Crippen LogP contribution in [0.15, 0.2) is 17.1 Å². The van der Waals surface area contributed by atoms with Crippen molar-refractivity contribution in [2.45, 2.75) is 32.2 Å². The van der Waals surface area contributed by atoms with Crippen molar-refractivity contribution in [1.82, 2.24) is 30.1 Å². The summed E-state index contributed by atoms with van der Waals surface area (Å²) in [5.74, 6) is 1.02. The van der Waals surface area contributed by atoms with E-state index in [1.54, 1.807) is 10.9 Å². The highest BCUT2D eigenvalue weighted by atomic mass is 16.5. The molecule has 0 aliphatic carbocycles. The molecule has 22 heavy (non-hydrogen) atoms. The van der Waals surface area contributed by atoms with Crippen molar-refractivity contribution in [3.05, 3.63) is 29.7 Å². The summed E-state index contributed by atoms with van der Waals surface area (Å²) < 4.78 is 6.58. The molecule has 2 amide bonds. The van der Waals surface area contributed by atoms with Crippen molar-refractivity contribution in [2.75, 3.05) is 13.1 Å². The van der Waals surface area contributed by atoms with E-state index in [-0.39, 0.29) is 11.9 Å². The van der Waals surface area contributed by atoms with Crippen LogP contribution in [0.2, 0.25) is 0 Å². The highest BCUT2D eigenvalue weighted by Crippen LogP contribution is 2.25. The monoisotopic (exact) mass is 304 g/mol. The number of likely N-dealkylation sites (tertiary alicyclic amines) is 1. The Morgan fingerprint density at radius 1 is 1.45 bits per heavy atom. The Kier molecular flexibility index (Phi) is 4.08. The maximum Gasteiger partial charge on any atom is 0.317 e. The van der Waals surface area contributed by atoms with E-state index in [0.717, 1.165) is 29.9 Å². The van der Waals surface area contributed by atoms with Gasteiger partial charge >= 0.3 is 6.03 Å². The fourth-order valence-corrected chi connectivity index (χ4v) is 2.70. The van der Waals surface area contributed by atoms with Gasteiger partial charge in [0.15, 0.2) is 5.82 Å². The number of hydrogen-bond acceptors (Lipinski definition) is 5. The normalized spacial score (nSPS) is 16.0. The number of piperidine rings is 1. The standard InChI is InChI=1S/C14H20N6O2/c1-10-12(8-17-19(10)2)7-15-14(21)20-5-3-11(4-6-20)13-16-9-22-18-13/h8-9,11H,3-7H2,1-2H3,(H,15,21). The molecule has 2 aromatic rings. The van der Waals surface area contributed by atoms with Gasteiger partial charge < -0.3 is 14.7 Å². The Balaban J connectivity index is 1.49. The van der Waals surface area contributed by atoms with E-state index in [0.29, 0.717) is 19.6 Å². The third kappa shape index (κ3) is 2.95. The highest BCUT2D eigenvalue weighted by Gasteiger charge is 2.26. The van der Waals surface area contributed by atoms with E-state index in [1.807, 2.05) is 18.9 Å². The first kappa shape index (κ1) is 14.6. The minimum absolute atomic E-state index is 0.0326. The summed E-state index contributed by atoms with van der Waals surface area (Å²) in [6, 6.07) is -0.0326. The minimum Gasteiger partial charge on any atom is -0.343 e. The predicted molar refractivity (Wildman–Crippen MR) is 78.0 cm³/mol. The number of urea groups is 1. The molecule has 0 saturated carbocycles. The molecule has 8 nitrogen and oxygen atoms in total. The zero-order valence-electron chi connectivity index (χ0n) is 12.8. The summed E-state index contributed by atoms with van der Waals surface area (Å²) in [5.41, 5.74) is 2.11. The van der Waals surface area contributed by atoms with Gasteiger partial charge in [-0.2, -0.15) is 10.1 Å². The van der Waals surface area contributed by atoms with Crippen molar-refractivity contribution in [1.29, 1.82) is 0 Å². The molecule has 1 aliphatic heterocycles. The third-order valence-corrected chi connectivity index (χ3v) is 4.29. The molecule has 2 aromatic heterocycles. The van der Waals surface area contributed by atoms with Crippen molar-refractivity contribution in [2.24, 2.45) is 7.05 Å². The zero-order valence-corrected chi connectivity index (χ0v) is 12.8. The quantitative estimate of drug-likeness (QED) is 0.920. The van der Waals surface area contributed by atoms with Crippen LogP contribution < -0.4 is 5.32 Å². The summed E-state index contributed by atoms with van der Waals surface area (Å²) in [4.78, 5) is 18.1. The number of aromatic nitrogens is 4. The van der Waals surface area contributed by atoms with Crippen LogP contribution in [0.25, 0.3) is 0 Å². The van der Waals surface area contributed by atoms with Gasteiger partial charge in [0.05, 0.1) is 6.20 Å². The summed E-state index contributed by atoms with van der Waals surface area (Å²) in [5, 5.41) is 11.0. The largest absolute Gasteiger partial charge is 0.343 e. The first-order chi connectivity index (χ1) is 10.6. The van der Waals surface area contributed by atoms with Gasteiger partial charge in [-0.15, -0.1) is 0 Å². The van der Waals surface area contributed by atoms with E-state index >= 15 is 0 Å². The molecule has 0 aromatic carbocycles. The van der Waals surface area contributed by atoms with Crippen LogP contribution in [0.1, 0.15) is 35.8 Å². The Bertz CT molecular complexity index is 628. The van der Waals surface area contributed by atoms with Crippen molar-refractivity contribution >= 4 is 6.03 Å². The molecule has 0 spiro atoms. The van der Waals surface area contributed by atoms with Crippen molar-refractivity contribution in [3.8, 4) is 0 Å². The van der Waals surface area contributed by atoms with E-state index in [4.69, 9.17) is 4.52 Å². The van der Waals surface area contributed by atoms with E-state index in [2.05, 4.69) is 20.6 Å². The molecular weight excluding hydrogens is 284 g/mol. The smallest absolute Gasteiger partial charge is 0.317 e. The number of nitrogens with zero attached hydrogens (tertiary/aromatic N) is 5. The Morgan fingerprint density at radius 3 is 2.82 bits per heavy atom. The van der Waals surface area contributed by atoms with Crippen LogP contribution in [0.3, 0.4) is 0 Å².